The molecule has 0 bridgehead atoms. The molecule has 20 heavy (non-hydrogen) atoms. The van der Waals surface area contributed by atoms with Gasteiger partial charge >= 0.3 is 6.18 Å². The van der Waals surface area contributed by atoms with Crippen LogP contribution in [0.25, 0.3) is 0 Å². The van der Waals surface area contributed by atoms with E-state index >= 15 is 0 Å². The highest BCUT2D eigenvalue weighted by Crippen LogP contribution is 2.51. The van der Waals surface area contributed by atoms with Crippen molar-refractivity contribution in [2.24, 2.45) is 11.3 Å². The Hall–Kier alpha value is -0.810. The van der Waals surface area contributed by atoms with Crippen LogP contribution >= 0.6 is 0 Å². The van der Waals surface area contributed by atoms with Crippen molar-refractivity contribution in [2.45, 2.75) is 43.9 Å². The lowest BCUT2D eigenvalue weighted by atomic mass is 9.63. The largest absolute Gasteiger partial charge is 0.391 e. The van der Waals surface area contributed by atoms with Crippen LogP contribution in [0.15, 0.2) is 0 Å². The molecule has 114 valence electrons. The van der Waals surface area contributed by atoms with Crippen molar-refractivity contribution >= 4 is 9.84 Å². The molecule has 0 aromatic heterocycles. The maximum Gasteiger partial charge on any atom is 0.391 e. The van der Waals surface area contributed by atoms with Crippen molar-refractivity contribution < 1.29 is 26.7 Å². The SMILES string of the molecule is N#CC1(C2(O)CCC(C(F)(F)F)CC2)CCS(=O)(=O)C1. The van der Waals surface area contributed by atoms with E-state index < -0.39 is 38.7 Å². The molecule has 0 amide bonds. The summed E-state index contributed by atoms with van der Waals surface area (Å²) in [4.78, 5) is 0. The van der Waals surface area contributed by atoms with Crippen molar-refractivity contribution in [3.8, 4) is 6.07 Å². The fourth-order valence-corrected chi connectivity index (χ4v) is 5.34. The molecule has 8 heteroatoms. The van der Waals surface area contributed by atoms with Crippen molar-refractivity contribution in [1.82, 2.24) is 0 Å². The summed E-state index contributed by atoms with van der Waals surface area (Å²) in [5, 5.41) is 19.9. The van der Waals surface area contributed by atoms with Crippen LogP contribution in [0.1, 0.15) is 32.1 Å². The van der Waals surface area contributed by atoms with E-state index in [0.29, 0.717) is 0 Å². The molecule has 0 aromatic carbocycles. The van der Waals surface area contributed by atoms with Gasteiger partial charge in [-0.3, -0.25) is 0 Å². The zero-order valence-electron chi connectivity index (χ0n) is 10.8. The van der Waals surface area contributed by atoms with Crippen LogP contribution in [0.5, 0.6) is 0 Å². The summed E-state index contributed by atoms with van der Waals surface area (Å²) < 4.78 is 61.0. The Kier molecular flexibility index (Phi) is 3.58. The van der Waals surface area contributed by atoms with Gasteiger partial charge in [-0.2, -0.15) is 18.4 Å². The average molecular weight is 311 g/mol. The fraction of sp³-hybridized carbons (Fsp3) is 0.917. The first kappa shape index (κ1) is 15.6. The number of hydrogen-bond donors (Lipinski definition) is 1. The first-order chi connectivity index (χ1) is 9.04. The van der Waals surface area contributed by atoms with E-state index in [2.05, 4.69) is 0 Å². The van der Waals surface area contributed by atoms with Gasteiger partial charge in [-0.05, 0) is 32.1 Å². The number of rotatable bonds is 1. The Balaban J connectivity index is 2.19. The molecule has 0 aromatic rings. The lowest BCUT2D eigenvalue weighted by Gasteiger charge is -2.44. The molecule has 2 aliphatic rings. The number of nitrogens with zero attached hydrogens (tertiary/aromatic N) is 1. The van der Waals surface area contributed by atoms with E-state index in [1.165, 1.54) is 0 Å². The van der Waals surface area contributed by atoms with E-state index in [0.717, 1.165) is 0 Å². The Labute approximate surface area is 115 Å². The van der Waals surface area contributed by atoms with Crippen molar-refractivity contribution in [3.63, 3.8) is 0 Å². The van der Waals surface area contributed by atoms with Gasteiger partial charge in [0.1, 0.15) is 5.41 Å². The fourth-order valence-electron chi connectivity index (χ4n) is 3.31. The van der Waals surface area contributed by atoms with Crippen molar-refractivity contribution in [2.75, 3.05) is 11.5 Å². The Morgan fingerprint density at radius 2 is 1.75 bits per heavy atom. The lowest BCUT2D eigenvalue weighted by Crippen LogP contribution is -2.51. The molecule has 2 fully saturated rings. The molecule has 1 aliphatic heterocycles. The summed E-state index contributed by atoms with van der Waals surface area (Å²) in [5.74, 6) is -2.12. The molecule has 0 radical (unpaired) electrons. The predicted molar refractivity (Wildman–Crippen MR) is 64.3 cm³/mol. The first-order valence-electron chi connectivity index (χ1n) is 6.44. The minimum atomic E-state index is -4.30. The van der Waals surface area contributed by atoms with Gasteiger partial charge < -0.3 is 5.11 Å². The zero-order chi connectivity index (χ0) is 15.2. The minimum absolute atomic E-state index is 0.000974. The molecule has 4 nitrogen and oxygen atoms in total. The van der Waals surface area contributed by atoms with Crippen LogP contribution in [0.2, 0.25) is 0 Å². The van der Waals surface area contributed by atoms with Crippen LogP contribution in [0.3, 0.4) is 0 Å². The quantitative estimate of drug-likeness (QED) is 0.801. The molecule has 1 unspecified atom stereocenters. The molecule has 1 heterocycles. The maximum atomic E-state index is 12.6. The summed E-state index contributed by atoms with van der Waals surface area (Å²) in [6.45, 7) is 0. The zero-order valence-corrected chi connectivity index (χ0v) is 11.6. The van der Waals surface area contributed by atoms with E-state index in [9.17, 15) is 32.0 Å². The third kappa shape index (κ3) is 2.53. The highest BCUT2D eigenvalue weighted by molar-refractivity contribution is 7.91. The molecule has 1 saturated carbocycles. The normalized spacial score (nSPS) is 41.2. The van der Waals surface area contributed by atoms with Gasteiger partial charge in [-0.1, -0.05) is 0 Å². The maximum absolute atomic E-state index is 12.6. The number of alkyl halides is 3. The second-order valence-corrected chi connectivity index (χ2v) is 8.07. The summed E-state index contributed by atoms with van der Waals surface area (Å²) in [7, 11) is -3.40. The number of nitriles is 1. The topological polar surface area (TPSA) is 78.2 Å². The number of hydrogen-bond acceptors (Lipinski definition) is 4. The van der Waals surface area contributed by atoms with Gasteiger partial charge in [0.05, 0.1) is 29.1 Å². The lowest BCUT2D eigenvalue weighted by molar-refractivity contribution is -0.199. The molecule has 1 N–H and O–H groups in total. The number of halogens is 3. The second-order valence-electron chi connectivity index (χ2n) is 5.88. The van der Waals surface area contributed by atoms with Gasteiger partial charge in [0.25, 0.3) is 0 Å². The molecular formula is C12H16F3NO3S. The minimum Gasteiger partial charge on any atom is -0.388 e. The third-order valence-electron chi connectivity index (χ3n) is 4.69. The monoisotopic (exact) mass is 311 g/mol. The van der Waals surface area contributed by atoms with E-state index in [4.69, 9.17) is 0 Å². The van der Waals surface area contributed by atoms with Gasteiger partial charge in [0.2, 0.25) is 0 Å². The third-order valence-corrected chi connectivity index (χ3v) is 6.45. The van der Waals surface area contributed by atoms with Gasteiger partial charge in [-0.15, -0.1) is 0 Å². The van der Waals surface area contributed by atoms with Gasteiger partial charge in [0, 0.05) is 0 Å². The molecule has 1 atom stereocenters. The molecule has 2 rings (SSSR count). The van der Waals surface area contributed by atoms with Crippen LogP contribution in [0, 0.1) is 22.7 Å². The van der Waals surface area contributed by atoms with Crippen molar-refractivity contribution in [1.29, 1.82) is 5.26 Å². The highest BCUT2D eigenvalue weighted by Gasteiger charge is 2.59. The highest BCUT2D eigenvalue weighted by atomic mass is 32.2. The van der Waals surface area contributed by atoms with Crippen LogP contribution < -0.4 is 0 Å². The summed E-state index contributed by atoms with van der Waals surface area (Å²) in [6, 6.07) is 1.89. The molecular weight excluding hydrogens is 295 g/mol. The molecule has 1 saturated heterocycles. The summed E-state index contributed by atoms with van der Waals surface area (Å²) >= 11 is 0. The van der Waals surface area contributed by atoms with Gasteiger partial charge in [0.15, 0.2) is 9.84 Å². The van der Waals surface area contributed by atoms with Crippen LogP contribution in [-0.2, 0) is 9.84 Å². The van der Waals surface area contributed by atoms with Crippen LogP contribution in [-0.4, -0.2) is 36.8 Å². The predicted octanol–water partition coefficient (Wildman–Crippen LogP) is 1.80. The second kappa shape index (κ2) is 4.60. The number of aliphatic hydroxyl groups is 1. The first-order valence-corrected chi connectivity index (χ1v) is 8.27. The van der Waals surface area contributed by atoms with E-state index in [1.54, 1.807) is 0 Å². The Bertz CT molecular complexity index is 529. The standard InChI is InChI=1S/C12H16F3NO3S/c13-12(14,15)9-1-3-11(17,4-2-9)10(7-16)5-6-20(18,19)8-10/h9,17H,1-6,8H2. The number of sulfone groups is 1. The average Bonchev–Trinajstić information content (AvgIpc) is 2.66. The van der Waals surface area contributed by atoms with Gasteiger partial charge in [-0.25, -0.2) is 8.42 Å². The molecule has 1 aliphatic carbocycles. The van der Waals surface area contributed by atoms with Crippen molar-refractivity contribution in [3.05, 3.63) is 0 Å². The summed E-state index contributed by atoms with van der Waals surface area (Å²) in [5.41, 5.74) is -3.09. The summed E-state index contributed by atoms with van der Waals surface area (Å²) in [6.07, 6.45) is -5.19. The van der Waals surface area contributed by atoms with Crippen LogP contribution in [0.4, 0.5) is 13.2 Å². The Morgan fingerprint density at radius 1 is 1.20 bits per heavy atom. The molecule has 0 spiro atoms. The van der Waals surface area contributed by atoms with E-state index in [-0.39, 0.29) is 37.9 Å². The Morgan fingerprint density at radius 3 is 2.10 bits per heavy atom. The smallest absolute Gasteiger partial charge is 0.388 e. The van der Waals surface area contributed by atoms with E-state index in [1.807, 2.05) is 6.07 Å².